The number of anilines is 1. The van der Waals surface area contributed by atoms with Gasteiger partial charge in [-0.1, -0.05) is 0 Å². The Morgan fingerprint density at radius 2 is 2.06 bits per heavy atom. The predicted molar refractivity (Wildman–Crippen MR) is 69.1 cm³/mol. The first-order valence-electron chi connectivity index (χ1n) is 5.74. The van der Waals surface area contributed by atoms with Crippen molar-refractivity contribution in [1.82, 2.24) is 9.13 Å². The molecular formula is C13H17N3O. The number of hydrogen-bond acceptors (Lipinski definition) is 2. The topological polar surface area (TPSA) is 39.0 Å². The quantitative estimate of drug-likeness (QED) is 0.871. The molecule has 17 heavy (non-hydrogen) atoms. The zero-order chi connectivity index (χ0) is 12.3. The maximum atomic E-state index is 11.2. The smallest absolute Gasteiger partial charge is 0.250 e. The SMILES string of the molecule is CCn1ccc(CNc2ccc(=O)n(C)c2)c1. The van der Waals surface area contributed by atoms with Crippen LogP contribution in [0.15, 0.2) is 41.6 Å². The van der Waals surface area contributed by atoms with E-state index in [4.69, 9.17) is 0 Å². The van der Waals surface area contributed by atoms with Crippen LogP contribution in [0.25, 0.3) is 0 Å². The third kappa shape index (κ3) is 2.78. The molecule has 2 heterocycles. The lowest BCUT2D eigenvalue weighted by molar-refractivity contribution is 0.766. The molecule has 2 rings (SSSR count). The fourth-order valence-corrected chi connectivity index (χ4v) is 1.69. The van der Waals surface area contributed by atoms with Gasteiger partial charge in [0.15, 0.2) is 0 Å². The summed E-state index contributed by atoms with van der Waals surface area (Å²) in [6.45, 7) is 3.87. The molecule has 90 valence electrons. The summed E-state index contributed by atoms with van der Waals surface area (Å²) in [6, 6.07) is 5.47. The van der Waals surface area contributed by atoms with Gasteiger partial charge in [0.2, 0.25) is 5.56 Å². The Hall–Kier alpha value is -1.97. The lowest BCUT2D eigenvalue weighted by Gasteiger charge is -2.06. The van der Waals surface area contributed by atoms with Crippen LogP contribution in [0.4, 0.5) is 5.69 Å². The number of nitrogens with one attached hydrogen (secondary N) is 1. The van der Waals surface area contributed by atoms with Crippen LogP contribution in [0.3, 0.4) is 0 Å². The van der Waals surface area contributed by atoms with E-state index in [-0.39, 0.29) is 5.56 Å². The van der Waals surface area contributed by atoms with Gasteiger partial charge in [0.25, 0.3) is 0 Å². The van der Waals surface area contributed by atoms with E-state index in [1.165, 1.54) is 5.56 Å². The number of pyridine rings is 1. The van der Waals surface area contributed by atoms with Gasteiger partial charge in [-0.25, -0.2) is 0 Å². The number of rotatable bonds is 4. The van der Waals surface area contributed by atoms with Gasteiger partial charge in [-0.3, -0.25) is 4.79 Å². The van der Waals surface area contributed by atoms with Gasteiger partial charge in [-0.2, -0.15) is 0 Å². The van der Waals surface area contributed by atoms with Gasteiger partial charge in [-0.05, 0) is 24.6 Å². The minimum absolute atomic E-state index is 0.00712. The molecule has 0 bridgehead atoms. The Bertz CT molecular complexity index is 554. The van der Waals surface area contributed by atoms with Crippen LogP contribution >= 0.6 is 0 Å². The van der Waals surface area contributed by atoms with Crippen molar-refractivity contribution in [1.29, 1.82) is 0 Å². The van der Waals surface area contributed by atoms with Crippen LogP contribution in [-0.4, -0.2) is 9.13 Å². The highest BCUT2D eigenvalue weighted by atomic mass is 16.1. The van der Waals surface area contributed by atoms with Gasteiger partial charge in [0.05, 0.1) is 5.69 Å². The summed E-state index contributed by atoms with van der Waals surface area (Å²) in [5.74, 6) is 0. The van der Waals surface area contributed by atoms with Crippen molar-refractivity contribution in [2.45, 2.75) is 20.0 Å². The standard InChI is InChI=1S/C13H17N3O/c1-3-16-7-6-11(9-16)8-14-12-4-5-13(17)15(2)10-12/h4-7,9-10,14H,3,8H2,1-2H3. The molecule has 1 N–H and O–H groups in total. The number of aromatic nitrogens is 2. The molecular weight excluding hydrogens is 214 g/mol. The van der Waals surface area contributed by atoms with E-state index < -0.39 is 0 Å². The van der Waals surface area contributed by atoms with Crippen molar-refractivity contribution in [2.75, 3.05) is 5.32 Å². The Balaban J connectivity index is 2.02. The highest BCUT2D eigenvalue weighted by molar-refractivity contribution is 5.40. The van der Waals surface area contributed by atoms with Crippen LogP contribution < -0.4 is 10.9 Å². The highest BCUT2D eigenvalue weighted by Crippen LogP contribution is 2.07. The number of aryl methyl sites for hydroxylation is 2. The largest absolute Gasteiger partial charge is 0.380 e. The molecule has 2 aromatic heterocycles. The van der Waals surface area contributed by atoms with E-state index in [9.17, 15) is 4.79 Å². The fraction of sp³-hybridized carbons (Fsp3) is 0.308. The Morgan fingerprint density at radius 3 is 2.71 bits per heavy atom. The number of hydrogen-bond donors (Lipinski definition) is 1. The van der Waals surface area contributed by atoms with E-state index in [1.807, 2.05) is 0 Å². The zero-order valence-electron chi connectivity index (χ0n) is 10.2. The second kappa shape index (κ2) is 4.91. The van der Waals surface area contributed by atoms with E-state index in [0.717, 1.165) is 18.8 Å². The average Bonchev–Trinajstić information content (AvgIpc) is 2.79. The molecule has 4 nitrogen and oxygen atoms in total. The third-order valence-corrected chi connectivity index (χ3v) is 2.76. The summed E-state index contributed by atoms with van der Waals surface area (Å²) in [7, 11) is 1.75. The lowest BCUT2D eigenvalue weighted by atomic mass is 10.3. The first-order chi connectivity index (χ1) is 8.19. The van der Waals surface area contributed by atoms with Crippen molar-refractivity contribution in [3.8, 4) is 0 Å². The maximum Gasteiger partial charge on any atom is 0.250 e. The van der Waals surface area contributed by atoms with Gasteiger partial charge in [-0.15, -0.1) is 0 Å². The van der Waals surface area contributed by atoms with Crippen LogP contribution in [0, 0.1) is 0 Å². The van der Waals surface area contributed by atoms with Crippen molar-refractivity contribution in [2.24, 2.45) is 7.05 Å². The first kappa shape index (κ1) is 11.5. The molecule has 2 aromatic rings. The molecule has 0 amide bonds. The second-order valence-corrected chi connectivity index (χ2v) is 4.07. The highest BCUT2D eigenvalue weighted by Gasteiger charge is 1.97. The van der Waals surface area contributed by atoms with E-state index in [0.29, 0.717) is 0 Å². The summed E-state index contributed by atoms with van der Waals surface area (Å²) in [5, 5.41) is 3.29. The molecule has 0 aliphatic heterocycles. The minimum Gasteiger partial charge on any atom is -0.380 e. The minimum atomic E-state index is 0.00712. The first-order valence-corrected chi connectivity index (χ1v) is 5.74. The second-order valence-electron chi connectivity index (χ2n) is 4.07. The Labute approximate surface area is 101 Å². The van der Waals surface area contributed by atoms with Gasteiger partial charge in [0.1, 0.15) is 0 Å². The van der Waals surface area contributed by atoms with Crippen molar-refractivity contribution < 1.29 is 0 Å². The summed E-state index contributed by atoms with van der Waals surface area (Å²) >= 11 is 0. The monoisotopic (exact) mass is 231 g/mol. The van der Waals surface area contributed by atoms with Crippen molar-refractivity contribution in [3.05, 3.63) is 52.7 Å². The molecule has 0 aliphatic rings. The fourth-order valence-electron chi connectivity index (χ4n) is 1.69. The molecule has 0 aromatic carbocycles. The Kier molecular flexibility index (Phi) is 3.32. The van der Waals surface area contributed by atoms with Gasteiger partial charge in [0, 0.05) is 44.8 Å². The van der Waals surface area contributed by atoms with Crippen molar-refractivity contribution in [3.63, 3.8) is 0 Å². The molecule has 0 fully saturated rings. The molecule has 0 unspecified atom stereocenters. The van der Waals surface area contributed by atoms with Crippen LogP contribution in [-0.2, 0) is 20.1 Å². The molecule has 0 radical (unpaired) electrons. The lowest BCUT2D eigenvalue weighted by Crippen LogP contribution is -2.15. The Morgan fingerprint density at radius 1 is 1.24 bits per heavy atom. The van der Waals surface area contributed by atoms with Crippen LogP contribution in [0.2, 0.25) is 0 Å². The molecule has 0 aliphatic carbocycles. The molecule has 0 spiro atoms. The number of nitrogens with zero attached hydrogens (tertiary/aromatic N) is 2. The van der Waals surface area contributed by atoms with E-state index >= 15 is 0 Å². The maximum absolute atomic E-state index is 11.2. The van der Waals surface area contributed by atoms with E-state index in [1.54, 1.807) is 29.9 Å². The van der Waals surface area contributed by atoms with Gasteiger partial charge >= 0.3 is 0 Å². The van der Waals surface area contributed by atoms with Gasteiger partial charge < -0.3 is 14.5 Å². The normalized spacial score (nSPS) is 10.5. The molecule has 0 saturated heterocycles. The van der Waals surface area contributed by atoms with E-state index in [2.05, 4.69) is 35.3 Å². The molecule has 4 heteroatoms. The zero-order valence-corrected chi connectivity index (χ0v) is 10.2. The summed E-state index contributed by atoms with van der Waals surface area (Å²) < 4.78 is 3.71. The van der Waals surface area contributed by atoms with Crippen molar-refractivity contribution >= 4 is 5.69 Å². The molecule has 0 saturated carbocycles. The van der Waals surface area contributed by atoms with Crippen LogP contribution in [0.1, 0.15) is 12.5 Å². The average molecular weight is 231 g/mol. The molecule has 0 atom stereocenters. The summed E-state index contributed by atoms with van der Waals surface area (Å²) in [5.41, 5.74) is 2.20. The summed E-state index contributed by atoms with van der Waals surface area (Å²) in [6.07, 6.45) is 5.99. The van der Waals surface area contributed by atoms with Crippen LogP contribution in [0.5, 0.6) is 0 Å². The summed E-state index contributed by atoms with van der Waals surface area (Å²) in [4.78, 5) is 11.2. The predicted octanol–water partition coefficient (Wildman–Crippen LogP) is 1.82. The third-order valence-electron chi connectivity index (χ3n) is 2.76.